The maximum Gasteiger partial charge on any atom is 0.460 e. The van der Waals surface area contributed by atoms with Gasteiger partial charge in [-0.2, -0.15) is 30.7 Å². The van der Waals surface area contributed by atoms with Crippen LogP contribution in [-0.2, 0) is 13.0 Å². The van der Waals surface area contributed by atoms with Gasteiger partial charge in [0.25, 0.3) is 5.56 Å². The molecule has 0 radical (unpaired) electrons. The average molecular weight is 341 g/mol. The summed E-state index contributed by atoms with van der Waals surface area (Å²) >= 11 is 0. The number of halogens is 7. The van der Waals surface area contributed by atoms with Gasteiger partial charge in [0, 0.05) is 12.4 Å². The third kappa shape index (κ3) is 2.29. The molecule has 0 atom stereocenters. The van der Waals surface area contributed by atoms with Crippen LogP contribution in [0.3, 0.4) is 0 Å². The molecule has 0 aliphatic carbocycles. The van der Waals surface area contributed by atoms with E-state index in [-0.39, 0.29) is 10.9 Å². The summed E-state index contributed by atoms with van der Waals surface area (Å²) in [6.07, 6.45) is -6.50. The summed E-state index contributed by atoms with van der Waals surface area (Å²) in [5.41, 5.74) is -3.93. The molecule has 0 saturated heterocycles. The number of fused-ring (bicyclic) bond motifs is 1. The van der Waals surface area contributed by atoms with E-state index < -0.39 is 34.7 Å². The van der Waals surface area contributed by atoms with Crippen LogP contribution < -0.4 is 5.56 Å². The number of aromatic nitrogens is 1. The lowest BCUT2D eigenvalue weighted by molar-refractivity contribution is -0.360. The van der Waals surface area contributed by atoms with E-state index in [2.05, 4.69) is 0 Å². The summed E-state index contributed by atoms with van der Waals surface area (Å²) in [7, 11) is 1.02. The van der Waals surface area contributed by atoms with Gasteiger partial charge in [0.1, 0.15) is 0 Å². The Kier molecular flexibility index (Phi) is 3.74. The van der Waals surface area contributed by atoms with Crippen molar-refractivity contribution in [3.8, 4) is 0 Å². The molecule has 0 aliphatic heterocycles. The van der Waals surface area contributed by atoms with Gasteiger partial charge in [-0.15, -0.1) is 0 Å². The maximum absolute atomic E-state index is 14.0. The Morgan fingerprint density at radius 1 is 0.957 bits per heavy atom. The number of para-hydroxylation sites is 1. The van der Waals surface area contributed by atoms with Gasteiger partial charge in [0.15, 0.2) is 0 Å². The van der Waals surface area contributed by atoms with Crippen molar-refractivity contribution in [2.75, 3.05) is 0 Å². The van der Waals surface area contributed by atoms with E-state index in [9.17, 15) is 35.5 Å². The highest BCUT2D eigenvalue weighted by Crippen LogP contribution is 2.51. The molecule has 0 amide bonds. The fourth-order valence-electron chi connectivity index (χ4n) is 2.36. The van der Waals surface area contributed by atoms with Crippen molar-refractivity contribution in [3.05, 3.63) is 45.7 Å². The zero-order chi connectivity index (χ0) is 17.8. The highest BCUT2D eigenvalue weighted by atomic mass is 19.4. The first-order valence-electron chi connectivity index (χ1n) is 6.25. The third-order valence-electron chi connectivity index (χ3n) is 3.63. The second kappa shape index (κ2) is 4.97. The molecule has 2 aromatic rings. The summed E-state index contributed by atoms with van der Waals surface area (Å²) in [6, 6.07) is 5.50. The molecule has 0 fully saturated rings. The first-order chi connectivity index (χ1) is 10.3. The van der Waals surface area contributed by atoms with Gasteiger partial charge in [0.2, 0.25) is 0 Å². The molecule has 0 unspecified atom stereocenters. The highest BCUT2D eigenvalue weighted by molar-refractivity contribution is 5.83. The molecular formula is C14H10F7NO. The van der Waals surface area contributed by atoms with Gasteiger partial charge in [-0.05, 0) is 18.6 Å². The number of alkyl halides is 7. The summed E-state index contributed by atoms with van der Waals surface area (Å²) in [4.78, 5) is 12.0. The molecule has 9 heteroatoms. The van der Waals surface area contributed by atoms with Crippen LogP contribution in [0.25, 0.3) is 10.9 Å². The van der Waals surface area contributed by atoms with E-state index in [0.717, 1.165) is 14.0 Å². The molecule has 1 heterocycles. The quantitative estimate of drug-likeness (QED) is 0.753. The largest absolute Gasteiger partial charge is 0.460 e. The lowest BCUT2D eigenvalue weighted by Crippen LogP contribution is -2.52. The minimum Gasteiger partial charge on any atom is -0.311 e. The van der Waals surface area contributed by atoms with Gasteiger partial charge in [-0.1, -0.05) is 18.2 Å². The Labute approximate surface area is 125 Å². The molecular weight excluding hydrogens is 331 g/mol. The Bertz CT molecular complexity index is 820. The van der Waals surface area contributed by atoms with Crippen LogP contribution in [-0.4, -0.2) is 16.7 Å². The minimum absolute atomic E-state index is 0.0118. The molecule has 0 bridgehead atoms. The second-order valence-corrected chi connectivity index (χ2v) is 5.03. The first-order valence-corrected chi connectivity index (χ1v) is 6.25. The van der Waals surface area contributed by atoms with Gasteiger partial charge < -0.3 is 4.57 Å². The Hall–Kier alpha value is -2.06. The molecule has 126 valence electrons. The van der Waals surface area contributed by atoms with Crippen LogP contribution in [0.2, 0.25) is 0 Å². The van der Waals surface area contributed by atoms with Crippen molar-refractivity contribution in [3.63, 3.8) is 0 Å². The number of rotatable bonds is 2. The third-order valence-corrected chi connectivity index (χ3v) is 3.63. The normalized spacial score (nSPS) is 13.6. The van der Waals surface area contributed by atoms with E-state index >= 15 is 0 Å². The van der Waals surface area contributed by atoms with Gasteiger partial charge in [-0.3, -0.25) is 4.79 Å². The number of hydrogen-bond donors (Lipinski definition) is 0. The number of aryl methyl sites for hydroxylation is 2. The van der Waals surface area contributed by atoms with Crippen LogP contribution in [0.1, 0.15) is 11.1 Å². The van der Waals surface area contributed by atoms with Gasteiger partial charge in [0.05, 0.1) is 11.1 Å². The summed E-state index contributed by atoms with van der Waals surface area (Å²) in [6.45, 7) is 0.916. The Balaban J connectivity index is 2.91. The van der Waals surface area contributed by atoms with Crippen molar-refractivity contribution in [2.45, 2.75) is 24.9 Å². The molecule has 0 N–H and O–H groups in total. The second-order valence-electron chi connectivity index (χ2n) is 5.03. The fraction of sp³-hybridized carbons (Fsp3) is 0.357. The van der Waals surface area contributed by atoms with Crippen molar-refractivity contribution in [1.82, 2.24) is 4.57 Å². The predicted molar refractivity (Wildman–Crippen MR) is 68.8 cm³/mol. The standard InChI is InChI=1S/C14H10F7NO/c1-7-8-5-3-4-6-9(8)22(2)11(23)10(7)12(15,16)13(17,18)14(19,20)21/h3-6H,1-2H3. The molecule has 1 aromatic carbocycles. The summed E-state index contributed by atoms with van der Waals surface area (Å²) < 4.78 is 92.2. The Morgan fingerprint density at radius 3 is 2.00 bits per heavy atom. The number of hydrogen-bond acceptors (Lipinski definition) is 1. The molecule has 23 heavy (non-hydrogen) atoms. The molecule has 2 rings (SSSR count). The lowest BCUT2D eigenvalue weighted by Gasteiger charge is -2.29. The monoisotopic (exact) mass is 341 g/mol. The number of benzene rings is 1. The molecule has 0 aliphatic rings. The maximum atomic E-state index is 14.0. The van der Waals surface area contributed by atoms with E-state index in [1.807, 2.05) is 0 Å². The average Bonchev–Trinajstić information content (AvgIpc) is 2.43. The van der Waals surface area contributed by atoms with Crippen molar-refractivity contribution in [2.24, 2.45) is 7.05 Å². The van der Waals surface area contributed by atoms with E-state index in [4.69, 9.17) is 0 Å². The van der Waals surface area contributed by atoms with Crippen molar-refractivity contribution < 1.29 is 30.7 Å². The zero-order valence-corrected chi connectivity index (χ0v) is 11.8. The lowest BCUT2D eigenvalue weighted by atomic mass is 9.95. The van der Waals surface area contributed by atoms with Crippen molar-refractivity contribution in [1.29, 1.82) is 0 Å². The smallest absolute Gasteiger partial charge is 0.311 e. The zero-order valence-electron chi connectivity index (χ0n) is 11.8. The highest BCUT2D eigenvalue weighted by Gasteiger charge is 2.74. The number of nitrogens with zero attached hydrogens (tertiary/aromatic N) is 1. The molecule has 2 nitrogen and oxygen atoms in total. The van der Waals surface area contributed by atoms with E-state index in [1.165, 1.54) is 24.3 Å². The van der Waals surface area contributed by atoms with E-state index in [0.29, 0.717) is 4.57 Å². The molecule has 1 aromatic heterocycles. The minimum atomic E-state index is -6.50. The summed E-state index contributed by atoms with van der Waals surface area (Å²) in [5.74, 6) is -12.1. The molecule has 0 saturated carbocycles. The van der Waals surface area contributed by atoms with Crippen LogP contribution in [0.5, 0.6) is 0 Å². The van der Waals surface area contributed by atoms with Gasteiger partial charge >= 0.3 is 18.0 Å². The first kappa shape index (κ1) is 17.3. The van der Waals surface area contributed by atoms with Crippen LogP contribution in [0.4, 0.5) is 30.7 Å². The van der Waals surface area contributed by atoms with Gasteiger partial charge in [-0.25, -0.2) is 0 Å². The summed E-state index contributed by atoms with van der Waals surface area (Å²) in [5, 5.41) is -0.0118. The predicted octanol–water partition coefficient (Wildman–Crippen LogP) is 4.14. The molecule has 0 spiro atoms. The number of pyridine rings is 1. The van der Waals surface area contributed by atoms with Crippen LogP contribution in [0, 0.1) is 6.92 Å². The van der Waals surface area contributed by atoms with Crippen molar-refractivity contribution >= 4 is 10.9 Å². The van der Waals surface area contributed by atoms with Crippen LogP contribution >= 0.6 is 0 Å². The van der Waals surface area contributed by atoms with Crippen LogP contribution in [0.15, 0.2) is 29.1 Å². The van der Waals surface area contributed by atoms with E-state index in [1.54, 1.807) is 0 Å². The Morgan fingerprint density at radius 2 is 1.48 bits per heavy atom. The topological polar surface area (TPSA) is 22.0 Å². The SMILES string of the molecule is Cc1c(C(F)(F)C(F)(F)C(F)(F)F)c(=O)n(C)c2ccccc12. The fourth-order valence-corrected chi connectivity index (χ4v) is 2.36.